The van der Waals surface area contributed by atoms with Crippen molar-refractivity contribution in [1.82, 2.24) is 0 Å². The van der Waals surface area contributed by atoms with Crippen molar-refractivity contribution < 1.29 is 28.9 Å². The predicted molar refractivity (Wildman–Crippen MR) is 177 cm³/mol. The Labute approximate surface area is 269 Å². The van der Waals surface area contributed by atoms with Crippen LogP contribution in [-0.2, 0) is 31.1 Å². The standard InChI is InChI=1S/C38H40N2O6/c1-6-8-18-38(19-9-7-2)32-21-27(36(43)35(40-46-25(5)42)28-13-11-10-12-23(28)3)14-16-29(32)31-20-26-15-17-34(39-45-24(4)41)37(44)30(26)22-33(31)38/h10-14,16,20-22H,6-9,15,17-19H2,1-5H3/b39-34+,40-35+. The largest absolute Gasteiger partial charge is 0.332 e. The number of unbranched alkanes of at least 4 members (excludes halogenated alkanes) is 2. The number of benzene rings is 3. The van der Waals surface area contributed by atoms with E-state index >= 15 is 0 Å². The molecule has 3 aromatic carbocycles. The smallest absolute Gasteiger partial charge is 0.318 e. The van der Waals surface area contributed by atoms with Gasteiger partial charge >= 0.3 is 11.9 Å². The molecule has 0 aliphatic heterocycles. The fourth-order valence-corrected chi connectivity index (χ4v) is 6.79. The van der Waals surface area contributed by atoms with Gasteiger partial charge in [0.25, 0.3) is 0 Å². The van der Waals surface area contributed by atoms with Crippen molar-refractivity contribution in [2.24, 2.45) is 10.3 Å². The summed E-state index contributed by atoms with van der Waals surface area (Å²) in [6.07, 6.45) is 6.62. The first-order valence-corrected chi connectivity index (χ1v) is 16.1. The molecule has 46 heavy (non-hydrogen) atoms. The Balaban J connectivity index is 1.67. The first kappa shape index (κ1) is 32.7. The molecular formula is C38H40N2O6. The number of ketones is 2. The van der Waals surface area contributed by atoms with E-state index in [4.69, 9.17) is 9.68 Å². The van der Waals surface area contributed by atoms with Gasteiger partial charge < -0.3 is 9.68 Å². The van der Waals surface area contributed by atoms with Crippen LogP contribution in [0.15, 0.2) is 64.9 Å². The third-order valence-corrected chi connectivity index (χ3v) is 9.06. The first-order valence-electron chi connectivity index (χ1n) is 16.1. The van der Waals surface area contributed by atoms with E-state index in [0.29, 0.717) is 29.5 Å². The highest BCUT2D eigenvalue weighted by atomic mass is 16.7. The van der Waals surface area contributed by atoms with Crippen molar-refractivity contribution in [3.8, 4) is 11.1 Å². The normalized spacial score (nSPS) is 15.6. The van der Waals surface area contributed by atoms with E-state index < -0.39 is 17.4 Å². The molecule has 0 radical (unpaired) electrons. The van der Waals surface area contributed by atoms with E-state index in [1.165, 1.54) is 13.8 Å². The number of fused-ring (bicyclic) bond motifs is 4. The molecule has 8 heteroatoms. The number of rotatable bonds is 11. The summed E-state index contributed by atoms with van der Waals surface area (Å²) in [4.78, 5) is 60.8. The molecule has 0 spiro atoms. The second-order valence-corrected chi connectivity index (χ2v) is 12.2. The second-order valence-electron chi connectivity index (χ2n) is 12.2. The summed E-state index contributed by atoms with van der Waals surface area (Å²) in [7, 11) is 0. The molecular weight excluding hydrogens is 580 g/mol. The first-order chi connectivity index (χ1) is 22.1. The Kier molecular flexibility index (Phi) is 9.75. The molecule has 0 saturated heterocycles. The minimum absolute atomic E-state index is 0.0668. The van der Waals surface area contributed by atoms with Crippen molar-refractivity contribution in [3.63, 3.8) is 0 Å². The van der Waals surface area contributed by atoms with Crippen LogP contribution in [-0.4, -0.2) is 34.9 Å². The molecule has 0 unspecified atom stereocenters. The van der Waals surface area contributed by atoms with Gasteiger partial charge in [-0.1, -0.05) is 92.3 Å². The molecule has 5 rings (SSSR count). The summed E-state index contributed by atoms with van der Waals surface area (Å²) >= 11 is 0. The number of hydrogen-bond donors (Lipinski definition) is 0. The predicted octanol–water partition coefficient (Wildman–Crippen LogP) is 7.84. The van der Waals surface area contributed by atoms with E-state index in [-0.39, 0.29) is 23.0 Å². The molecule has 0 amide bonds. The Morgan fingerprint density at radius 3 is 2.13 bits per heavy atom. The topological polar surface area (TPSA) is 111 Å². The lowest BCUT2D eigenvalue weighted by molar-refractivity contribution is -0.141. The summed E-state index contributed by atoms with van der Waals surface area (Å²) in [6, 6.07) is 17.4. The minimum Gasteiger partial charge on any atom is -0.318 e. The fraction of sp³-hybridized carbons (Fsp3) is 0.368. The maximum Gasteiger partial charge on any atom is 0.332 e. The van der Waals surface area contributed by atoms with Crippen LogP contribution in [0, 0.1) is 6.92 Å². The van der Waals surface area contributed by atoms with Crippen LogP contribution in [0.1, 0.15) is 121 Å². The summed E-state index contributed by atoms with van der Waals surface area (Å²) in [6.45, 7) is 8.73. The lowest BCUT2D eigenvalue weighted by Gasteiger charge is -2.33. The van der Waals surface area contributed by atoms with Gasteiger partial charge in [-0.05, 0) is 71.7 Å². The molecule has 0 heterocycles. The van der Waals surface area contributed by atoms with Gasteiger partial charge in [0.2, 0.25) is 11.6 Å². The number of nitrogens with zero attached hydrogens (tertiary/aromatic N) is 2. The monoisotopic (exact) mass is 620 g/mol. The van der Waals surface area contributed by atoms with Crippen molar-refractivity contribution in [3.05, 3.63) is 93.5 Å². The average Bonchev–Trinajstić information content (AvgIpc) is 3.30. The number of aryl methyl sites for hydroxylation is 2. The highest BCUT2D eigenvalue weighted by Gasteiger charge is 2.44. The molecule has 0 saturated carbocycles. The van der Waals surface area contributed by atoms with Gasteiger partial charge in [0, 0.05) is 42.4 Å². The molecule has 3 aromatic rings. The van der Waals surface area contributed by atoms with E-state index in [1.807, 2.05) is 49.4 Å². The van der Waals surface area contributed by atoms with Gasteiger partial charge in [0.15, 0.2) is 5.71 Å². The van der Waals surface area contributed by atoms with Crippen molar-refractivity contribution >= 4 is 34.9 Å². The summed E-state index contributed by atoms with van der Waals surface area (Å²) in [5.74, 6) is -1.74. The third-order valence-electron chi connectivity index (χ3n) is 9.06. The van der Waals surface area contributed by atoms with E-state index in [0.717, 1.165) is 71.9 Å². The van der Waals surface area contributed by atoms with E-state index in [9.17, 15) is 19.2 Å². The maximum absolute atomic E-state index is 14.2. The average molecular weight is 621 g/mol. The quantitative estimate of drug-likeness (QED) is 0.0935. The Bertz CT molecular complexity index is 1780. The number of carbonyl (C=O) groups excluding carboxylic acids is 4. The van der Waals surface area contributed by atoms with Gasteiger partial charge in [-0.2, -0.15) is 0 Å². The molecule has 0 bridgehead atoms. The van der Waals surface area contributed by atoms with Crippen LogP contribution >= 0.6 is 0 Å². The van der Waals surface area contributed by atoms with Crippen LogP contribution in [0.4, 0.5) is 0 Å². The Hall–Kier alpha value is -4.72. The lowest BCUT2D eigenvalue weighted by atomic mass is 9.69. The van der Waals surface area contributed by atoms with Crippen LogP contribution in [0.2, 0.25) is 0 Å². The van der Waals surface area contributed by atoms with Crippen LogP contribution in [0.5, 0.6) is 0 Å². The van der Waals surface area contributed by atoms with E-state index in [2.05, 4.69) is 30.2 Å². The van der Waals surface area contributed by atoms with Crippen LogP contribution in [0.3, 0.4) is 0 Å². The number of Topliss-reactive ketones (excluding diaryl/α,β-unsaturated/α-hetero) is 2. The zero-order valence-corrected chi connectivity index (χ0v) is 27.2. The zero-order chi connectivity index (χ0) is 33.0. The van der Waals surface area contributed by atoms with Crippen molar-refractivity contribution in [1.29, 1.82) is 0 Å². The molecule has 2 aliphatic rings. The molecule has 0 aromatic heterocycles. The third kappa shape index (κ3) is 6.21. The van der Waals surface area contributed by atoms with Gasteiger partial charge in [-0.15, -0.1) is 0 Å². The number of hydrogen-bond acceptors (Lipinski definition) is 8. The van der Waals surface area contributed by atoms with Gasteiger partial charge in [-0.3, -0.25) is 9.59 Å². The second kappa shape index (κ2) is 13.7. The number of oxime groups is 2. The summed E-state index contributed by atoms with van der Waals surface area (Å²) in [5.41, 5.74) is 7.60. The Morgan fingerprint density at radius 1 is 0.804 bits per heavy atom. The highest BCUT2D eigenvalue weighted by molar-refractivity contribution is 6.51. The fourth-order valence-electron chi connectivity index (χ4n) is 6.79. The summed E-state index contributed by atoms with van der Waals surface area (Å²) in [5, 5.41) is 7.90. The molecule has 2 aliphatic carbocycles. The number of carbonyl (C=O) groups is 4. The van der Waals surface area contributed by atoms with E-state index in [1.54, 1.807) is 6.07 Å². The highest BCUT2D eigenvalue weighted by Crippen LogP contribution is 2.55. The minimum atomic E-state index is -0.610. The summed E-state index contributed by atoms with van der Waals surface area (Å²) < 4.78 is 0. The SMILES string of the molecule is CCCCC1(CCCC)c2cc(C(=O)/C(=N/OC(C)=O)c3ccccc3C)ccc2-c2cc3c(cc21)C(=O)/C(=N/OC(C)=O)CC3. The maximum atomic E-state index is 14.2. The molecule has 8 nitrogen and oxygen atoms in total. The van der Waals surface area contributed by atoms with Gasteiger partial charge in [0.1, 0.15) is 5.71 Å². The molecule has 0 atom stereocenters. The van der Waals surface area contributed by atoms with Gasteiger partial charge in [0.05, 0.1) is 0 Å². The Morgan fingerprint density at radius 2 is 1.48 bits per heavy atom. The zero-order valence-electron chi connectivity index (χ0n) is 27.2. The lowest BCUT2D eigenvalue weighted by Crippen LogP contribution is -2.28. The van der Waals surface area contributed by atoms with Crippen LogP contribution < -0.4 is 0 Å². The van der Waals surface area contributed by atoms with Crippen molar-refractivity contribution in [2.45, 2.75) is 91.4 Å². The molecule has 238 valence electrons. The molecule has 0 fully saturated rings. The van der Waals surface area contributed by atoms with Crippen molar-refractivity contribution in [2.75, 3.05) is 0 Å². The van der Waals surface area contributed by atoms with Gasteiger partial charge in [-0.25, -0.2) is 9.59 Å². The van der Waals surface area contributed by atoms with Crippen LogP contribution in [0.25, 0.3) is 11.1 Å². The molecule has 0 N–H and O–H groups in total.